The SMILES string of the molecule is CC(O)CNCCNC(=O)Cc1cccc2ccccc12. The number of benzene rings is 2. The van der Waals surface area contributed by atoms with Gasteiger partial charge in [0, 0.05) is 19.6 Å². The molecule has 4 nitrogen and oxygen atoms in total. The molecule has 0 spiro atoms. The second kappa shape index (κ2) is 7.76. The van der Waals surface area contributed by atoms with Crippen LogP contribution in [0.1, 0.15) is 12.5 Å². The smallest absolute Gasteiger partial charge is 0.224 e. The van der Waals surface area contributed by atoms with Crippen LogP contribution in [0.2, 0.25) is 0 Å². The highest BCUT2D eigenvalue weighted by Crippen LogP contribution is 2.18. The van der Waals surface area contributed by atoms with Crippen LogP contribution in [0.4, 0.5) is 0 Å². The maximum absolute atomic E-state index is 12.0. The van der Waals surface area contributed by atoms with E-state index in [0.717, 1.165) is 16.3 Å². The van der Waals surface area contributed by atoms with Crippen LogP contribution in [0.5, 0.6) is 0 Å². The van der Waals surface area contributed by atoms with Crippen molar-refractivity contribution in [1.29, 1.82) is 0 Å². The number of hydrogen-bond acceptors (Lipinski definition) is 3. The average molecular weight is 286 g/mol. The quantitative estimate of drug-likeness (QED) is 0.676. The zero-order chi connectivity index (χ0) is 15.1. The predicted molar refractivity (Wildman–Crippen MR) is 85.2 cm³/mol. The molecule has 2 rings (SSSR count). The summed E-state index contributed by atoms with van der Waals surface area (Å²) >= 11 is 0. The number of aliphatic hydroxyl groups is 1. The van der Waals surface area contributed by atoms with Crippen LogP contribution in [0, 0.1) is 0 Å². The van der Waals surface area contributed by atoms with Gasteiger partial charge in [-0.2, -0.15) is 0 Å². The van der Waals surface area contributed by atoms with E-state index < -0.39 is 0 Å². The van der Waals surface area contributed by atoms with Crippen LogP contribution < -0.4 is 10.6 Å². The molecule has 0 aliphatic rings. The highest BCUT2D eigenvalue weighted by molar-refractivity contribution is 5.90. The van der Waals surface area contributed by atoms with Gasteiger partial charge in [0.2, 0.25) is 5.91 Å². The number of hydrogen-bond donors (Lipinski definition) is 3. The van der Waals surface area contributed by atoms with Crippen LogP contribution in [-0.2, 0) is 11.2 Å². The molecular weight excluding hydrogens is 264 g/mol. The molecule has 1 atom stereocenters. The monoisotopic (exact) mass is 286 g/mol. The minimum Gasteiger partial charge on any atom is -0.392 e. The fourth-order valence-corrected chi connectivity index (χ4v) is 2.28. The van der Waals surface area contributed by atoms with Crippen molar-refractivity contribution < 1.29 is 9.90 Å². The molecule has 112 valence electrons. The Hall–Kier alpha value is -1.91. The van der Waals surface area contributed by atoms with E-state index in [4.69, 9.17) is 5.11 Å². The highest BCUT2D eigenvalue weighted by atomic mass is 16.3. The van der Waals surface area contributed by atoms with Crippen molar-refractivity contribution in [3.63, 3.8) is 0 Å². The zero-order valence-electron chi connectivity index (χ0n) is 12.3. The van der Waals surface area contributed by atoms with E-state index in [9.17, 15) is 4.79 Å². The van der Waals surface area contributed by atoms with E-state index in [-0.39, 0.29) is 12.0 Å². The molecule has 0 saturated carbocycles. The topological polar surface area (TPSA) is 61.4 Å². The summed E-state index contributed by atoms with van der Waals surface area (Å²) in [4.78, 5) is 12.0. The minimum absolute atomic E-state index is 0.0187. The molecule has 2 aromatic carbocycles. The minimum atomic E-state index is -0.364. The summed E-state index contributed by atoms with van der Waals surface area (Å²) in [5, 5.41) is 17.3. The number of carbonyl (C=O) groups is 1. The van der Waals surface area contributed by atoms with E-state index in [2.05, 4.69) is 22.8 Å². The van der Waals surface area contributed by atoms with Crippen LogP contribution in [0.25, 0.3) is 10.8 Å². The normalized spacial score (nSPS) is 12.3. The first-order valence-corrected chi connectivity index (χ1v) is 7.29. The van der Waals surface area contributed by atoms with E-state index in [1.54, 1.807) is 6.92 Å². The lowest BCUT2D eigenvalue weighted by Crippen LogP contribution is -2.35. The van der Waals surface area contributed by atoms with Crippen molar-refractivity contribution in [2.75, 3.05) is 19.6 Å². The van der Waals surface area contributed by atoms with Crippen molar-refractivity contribution >= 4 is 16.7 Å². The highest BCUT2D eigenvalue weighted by Gasteiger charge is 2.06. The van der Waals surface area contributed by atoms with Crippen LogP contribution >= 0.6 is 0 Å². The lowest BCUT2D eigenvalue weighted by Gasteiger charge is -2.09. The van der Waals surface area contributed by atoms with Gasteiger partial charge in [0.15, 0.2) is 0 Å². The second-order valence-corrected chi connectivity index (χ2v) is 5.22. The summed E-state index contributed by atoms with van der Waals surface area (Å²) in [5.41, 5.74) is 1.04. The van der Waals surface area contributed by atoms with Gasteiger partial charge in [0.05, 0.1) is 12.5 Å². The van der Waals surface area contributed by atoms with E-state index in [1.807, 2.05) is 30.3 Å². The Morgan fingerprint density at radius 1 is 1.14 bits per heavy atom. The Morgan fingerprint density at radius 2 is 1.90 bits per heavy atom. The van der Waals surface area contributed by atoms with Gasteiger partial charge in [0.1, 0.15) is 0 Å². The molecule has 0 heterocycles. The maximum Gasteiger partial charge on any atom is 0.224 e. The Balaban J connectivity index is 1.84. The fourth-order valence-electron chi connectivity index (χ4n) is 2.28. The predicted octanol–water partition coefficient (Wildman–Crippen LogP) is 1.47. The Kier molecular flexibility index (Phi) is 5.72. The van der Waals surface area contributed by atoms with Gasteiger partial charge in [-0.15, -0.1) is 0 Å². The molecule has 0 aliphatic carbocycles. The first-order chi connectivity index (χ1) is 10.2. The van der Waals surface area contributed by atoms with Gasteiger partial charge >= 0.3 is 0 Å². The van der Waals surface area contributed by atoms with E-state index in [1.165, 1.54) is 0 Å². The second-order valence-electron chi connectivity index (χ2n) is 5.22. The number of aliphatic hydroxyl groups excluding tert-OH is 1. The summed E-state index contributed by atoms with van der Waals surface area (Å²) in [6, 6.07) is 14.1. The molecule has 1 amide bonds. The van der Waals surface area contributed by atoms with Crippen molar-refractivity contribution in [2.45, 2.75) is 19.4 Å². The third-order valence-electron chi connectivity index (χ3n) is 3.29. The average Bonchev–Trinajstić information content (AvgIpc) is 2.47. The van der Waals surface area contributed by atoms with Crippen LogP contribution in [-0.4, -0.2) is 36.8 Å². The number of rotatable bonds is 7. The Labute approximate surface area is 125 Å². The first kappa shape index (κ1) is 15.5. The number of carbonyl (C=O) groups excluding carboxylic acids is 1. The number of amides is 1. The summed E-state index contributed by atoms with van der Waals surface area (Å²) < 4.78 is 0. The van der Waals surface area contributed by atoms with Crippen molar-refractivity contribution in [3.05, 3.63) is 48.0 Å². The van der Waals surface area contributed by atoms with Gasteiger partial charge in [-0.05, 0) is 23.3 Å². The number of fused-ring (bicyclic) bond motifs is 1. The van der Waals surface area contributed by atoms with Gasteiger partial charge < -0.3 is 15.7 Å². The van der Waals surface area contributed by atoms with Gasteiger partial charge in [0.25, 0.3) is 0 Å². The van der Waals surface area contributed by atoms with Crippen molar-refractivity contribution in [1.82, 2.24) is 10.6 Å². The summed E-state index contributed by atoms with van der Waals surface area (Å²) in [6.07, 6.45) is 0.0222. The molecule has 2 aromatic rings. The third-order valence-corrected chi connectivity index (χ3v) is 3.29. The maximum atomic E-state index is 12.0. The fraction of sp³-hybridized carbons (Fsp3) is 0.353. The standard InChI is InChI=1S/C17H22N2O2/c1-13(20)12-18-9-10-19-17(21)11-15-7-4-6-14-5-2-3-8-16(14)15/h2-8,13,18,20H,9-12H2,1H3,(H,19,21). The van der Waals surface area contributed by atoms with E-state index in [0.29, 0.717) is 26.1 Å². The zero-order valence-corrected chi connectivity index (χ0v) is 12.3. The Bertz CT molecular complexity index is 591. The molecule has 1 unspecified atom stereocenters. The number of nitrogens with one attached hydrogen (secondary N) is 2. The van der Waals surface area contributed by atoms with Crippen LogP contribution in [0.3, 0.4) is 0 Å². The summed E-state index contributed by atoms with van der Waals surface area (Å²) in [6.45, 7) is 3.49. The lowest BCUT2D eigenvalue weighted by molar-refractivity contribution is -0.120. The summed E-state index contributed by atoms with van der Waals surface area (Å²) in [5.74, 6) is 0.0187. The van der Waals surface area contributed by atoms with Crippen molar-refractivity contribution in [3.8, 4) is 0 Å². The molecule has 21 heavy (non-hydrogen) atoms. The molecular formula is C17H22N2O2. The first-order valence-electron chi connectivity index (χ1n) is 7.29. The molecule has 0 aromatic heterocycles. The molecule has 0 aliphatic heterocycles. The van der Waals surface area contributed by atoms with Gasteiger partial charge in [-0.1, -0.05) is 42.5 Å². The molecule has 4 heteroatoms. The molecule has 0 saturated heterocycles. The van der Waals surface area contributed by atoms with Crippen LogP contribution in [0.15, 0.2) is 42.5 Å². The molecule has 3 N–H and O–H groups in total. The molecule has 0 radical (unpaired) electrons. The lowest BCUT2D eigenvalue weighted by atomic mass is 10.0. The van der Waals surface area contributed by atoms with Crippen molar-refractivity contribution in [2.24, 2.45) is 0 Å². The third kappa shape index (κ3) is 4.85. The Morgan fingerprint density at radius 3 is 2.71 bits per heavy atom. The van der Waals surface area contributed by atoms with E-state index >= 15 is 0 Å². The summed E-state index contributed by atoms with van der Waals surface area (Å²) in [7, 11) is 0. The van der Waals surface area contributed by atoms with Gasteiger partial charge in [-0.3, -0.25) is 4.79 Å². The van der Waals surface area contributed by atoms with Gasteiger partial charge in [-0.25, -0.2) is 0 Å². The molecule has 0 fully saturated rings. The largest absolute Gasteiger partial charge is 0.392 e. The molecule has 0 bridgehead atoms.